The minimum absolute atomic E-state index is 0.769. The quantitative estimate of drug-likeness (QED) is 0.752. The highest BCUT2D eigenvalue weighted by molar-refractivity contribution is 6.30. The number of nitrogens with zero attached hydrogens (tertiary/aromatic N) is 1. The Morgan fingerprint density at radius 2 is 1.75 bits per heavy atom. The van der Waals surface area contributed by atoms with Crippen molar-refractivity contribution in [1.82, 2.24) is 4.98 Å². The van der Waals surface area contributed by atoms with Crippen molar-refractivity contribution in [1.29, 1.82) is 0 Å². The van der Waals surface area contributed by atoms with Gasteiger partial charge in [0.1, 0.15) is 0 Å². The van der Waals surface area contributed by atoms with Gasteiger partial charge in [-0.05, 0) is 48.7 Å². The number of hydrogen-bond acceptors (Lipinski definition) is 1. The zero-order chi connectivity index (χ0) is 11.5. The first kappa shape index (κ1) is 11.2. The number of aromatic nitrogens is 1. The lowest BCUT2D eigenvalue weighted by Gasteiger charge is -2.06. The van der Waals surface area contributed by atoms with Gasteiger partial charge in [0.2, 0.25) is 0 Å². The Kier molecular flexibility index (Phi) is 3.25. The van der Waals surface area contributed by atoms with Crippen LogP contribution in [-0.2, 0) is 6.42 Å². The van der Waals surface area contributed by atoms with Crippen molar-refractivity contribution in [3.63, 3.8) is 0 Å². The first-order chi connectivity index (χ1) is 7.69. The summed E-state index contributed by atoms with van der Waals surface area (Å²) in [6, 6.07) is 12.1. The van der Waals surface area contributed by atoms with Crippen LogP contribution in [-0.4, -0.2) is 4.98 Å². The summed E-state index contributed by atoms with van der Waals surface area (Å²) < 4.78 is 0. The standard InChI is InChI=1S/C14H14ClN/c1-3-14-9-12(8-10(2)16-14)11-4-6-13(15)7-5-11/h4-9H,3H2,1-2H3. The molecule has 2 rings (SSSR count). The third kappa shape index (κ3) is 2.42. The minimum Gasteiger partial charge on any atom is -0.258 e. The second-order valence-corrected chi connectivity index (χ2v) is 4.29. The fourth-order valence-electron chi connectivity index (χ4n) is 1.73. The molecule has 0 radical (unpaired) electrons. The van der Waals surface area contributed by atoms with Crippen molar-refractivity contribution in [2.45, 2.75) is 20.3 Å². The molecule has 0 bridgehead atoms. The molecule has 0 saturated heterocycles. The van der Waals surface area contributed by atoms with E-state index in [2.05, 4.69) is 24.0 Å². The van der Waals surface area contributed by atoms with Crippen molar-refractivity contribution in [2.24, 2.45) is 0 Å². The average Bonchev–Trinajstić information content (AvgIpc) is 2.29. The van der Waals surface area contributed by atoms with Gasteiger partial charge < -0.3 is 0 Å². The topological polar surface area (TPSA) is 12.9 Å². The molecule has 0 N–H and O–H groups in total. The number of halogens is 1. The van der Waals surface area contributed by atoms with Gasteiger partial charge in [-0.3, -0.25) is 4.98 Å². The van der Waals surface area contributed by atoms with E-state index in [4.69, 9.17) is 11.6 Å². The van der Waals surface area contributed by atoms with Crippen molar-refractivity contribution in [3.8, 4) is 11.1 Å². The molecular weight excluding hydrogens is 218 g/mol. The Balaban J connectivity index is 2.47. The molecule has 1 nitrogen and oxygen atoms in total. The first-order valence-electron chi connectivity index (χ1n) is 5.42. The minimum atomic E-state index is 0.769. The molecule has 2 heteroatoms. The van der Waals surface area contributed by atoms with Gasteiger partial charge in [0.25, 0.3) is 0 Å². The molecule has 0 atom stereocenters. The largest absolute Gasteiger partial charge is 0.258 e. The van der Waals surface area contributed by atoms with E-state index < -0.39 is 0 Å². The van der Waals surface area contributed by atoms with E-state index in [0.29, 0.717) is 0 Å². The van der Waals surface area contributed by atoms with Crippen molar-refractivity contribution >= 4 is 11.6 Å². The molecule has 0 unspecified atom stereocenters. The molecule has 82 valence electrons. The van der Waals surface area contributed by atoms with E-state index >= 15 is 0 Å². The van der Waals surface area contributed by atoms with Crippen LogP contribution in [0.3, 0.4) is 0 Å². The number of pyridine rings is 1. The monoisotopic (exact) mass is 231 g/mol. The van der Waals surface area contributed by atoms with Crippen molar-refractivity contribution in [3.05, 3.63) is 52.8 Å². The molecule has 1 aromatic carbocycles. The Hall–Kier alpha value is -1.34. The zero-order valence-corrected chi connectivity index (χ0v) is 10.3. The summed E-state index contributed by atoms with van der Waals surface area (Å²) in [5.41, 5.74) is 4.58. The molecular formula is C14H14ClN. The molecule has 2 aromatic rings. The molecule has 0 fully saturated rings. The SMILES string of the molecule is CCc1cc(-c2ccc(Cl)cc2)cc(C)n1. The molecule has 1 heterocycles. The van der Waals surface area contributed by atoms with E-state index in [1.165, 1.54) is 11.1 Å². The van der Waals surface area contributed by atoms with Gasteiger partial charge in [0.05, 0.1) is 0 Å². The molecule has 16 heavy (non-hydrogen) atoms. The molecule has 0 aliphatic rings. The lowest BCUT2D eigenvalue weighted by Crippen LogP contribution is -1.91. The van der Waals surface area contributed by atoms with Crippen LogP contribution in [0.4, 0.5) is 0 Å². The van der Waals surface area contributed by atoms with Gasteiger partial charge in [-0.15, -0.1) is 0 Å². The normalized spacial score (nSPS) is 10.4. The molecule has 0 amide bonds. The number of benzene rings is 1. The van der Waals surface area contributed by atoms with Crippen LogP contribution in [0.1, 0.15) is 18.3 Å². The van der Waals surface area contributed by atoms with Gasteiger partial charge in [-0.2, -0.15) is 0 Å². The van der Waals surface area contributed by atoms with Crippen LogP contribution < -0.4 is 0 Å². The highest BCUT2D eigenvalue weighted by atomic mass is 35.5. The smallest absolute Gasteiger partial charge is 0.0410 e. The second-order valence-electron chi connectivity index (χ2n) is 3.85. The van der Waals surface area contributed by atoms with Crippen LogP contribution in [0.25, 0.3) is 11.1 Å². The maximum absolute atomic E-state index is 5.88. The first-order valence-corrected chi connectivity index (χ1v) is 5.80. The number of hydrogen-bond donors (Lipinski definition) is 0. The van der Waals surface area contributed by atoms with E-state index in [1.807, 2.05) is 31.2 Å². The van der Waals surface area contributed by atoms with Crippen LogP contribution in [0.2, 0.25) is 5.02 Å². The molecule has 0 spiro atoms. The van der Waals surface area contributed by atoms with Crippen LogP contribution in [0.5, 0.6) is 0 Å². The van der Waals surface area contributed by atoms with E-state index in [1.54, 1.807) is 0 Å². The molecule has 0 aliphatic carbocycles. The summed E-state index contributed by atoms with van der Waals surface area (Å²) in [6.07, 6.45) is 0.961. The number of rotatable bonds is 2. The lowest BCUT2D eigenvalue weighted by molar-refractivity contribution is 1.01. The van der Waals surface area contributed by atoms with Crippen LogP contribution in [0.15, 0.2) is 36.4 Å². The molecule has 1 aromatic heterocycles. The Morgan fingerprint density at radius 1 is 1.06 bits per heavy atom. The highest BCUT2D eigenvalue weighted by Crippen LogP contribution is 2.22. The summed E-state index contributed by atoms with van der Waals surface area (Å²) in [4.78, 5) is 4.47. The fourth-order valence-corrected chi connectivity index (χ4v) is 1.85. The van der Waals surface area contributed by atoms with E-state index in [0.717, 1.165) is 22.8 Å². The van der Waals surface area contributed by atoms with Gasteiger partial charge in [-0.25, -0.2) is 0 Å². The third-order valence-corrected chi connectivity index (χ3v) is 2.80. The van der Waals surface area contributed by atoms with Crippen LogP contribution in [0, 0.1) is 6.92 Å². The Bertz CT molecular complexity index is 489. The maximum atomic E-state index is 5.88. The fraction of sp³-hybridized carbons (Fsp3) is 0.214. The van der Waals surface area contributed by atoms with Gasteiger partial charge in [0.15, 0.2) is 0 Å². The summed E-state index contributed by atoms with van der Waals surface area (Å²) in [6.45, 7) is 4.14. The summed E-state index contributed by atoms with van der Waals surface area (Å²) in [5, 5.41) is 0.769. The van der Waals surface area contributed by atoms with E-state index in [-0.39, 0.29) is 0 Å². The Labute approximate surface area is 101 Å². The average molecular weight is 232 g/mol. The van der Waals surface area contributed by atoms with Crippen molar-refractivity contribution in [2.75, 3.05) is 0 Å². The highest BCUT2D eigenvalue weighted by Gasteiger charge is 2.01. The van der Waals surface area contributed by atoms with Crippen molar-refractivity contribution < 1.29 is 0 Å². The Morgan fingerprint density at radius 3 is 2.38 bits per heavy atom. The predicted octanol–water partition coefficient (Wildman–Crippen LogP) is 4.27. The van der Waals surface area contributed by atoms with Gasteiger partial charge in [0, 0.05) is 16.4 Å². The molecule has 0 aliphatic heterocycles. The summed E-state index contributed by atoms with van der Waals surface area (Å²) >= 11 is 5.88. The second kappa shape index (κ2) is 4.67. The third-order valence-electron chi connectivity index (χ3n) is 2.55. The predicted molar refractivity (Wildman–Crippen MR) is 68.8 cm³/mol. The number of aryl methyl sites for hydroxylation is 2. The lowest BCUT2D eigenvalue weighted by atomic mass is 10.0. The summed E-state index contributed by atoms with van der Waals surface area (Å²) in [7, 11) is 0. The molecule has 0 saturated carbocycles. The maximum Gasteiger partial charge on any atom is 0.0410 e. The van der Waals surface area contributed by atoms with Gasteiger partial charge in [-0.1, -0.05) is 30.7 Å². The van der Waals surface area contributed by atoms with Crippen LogP contribution >= 0.6 is 11.6 Å². The summed E-state index contributed by atoms with van der Waals surface area (Å²) in [5.74, 6) is 0. The zero-order valence-electron chi connectivity index (χ0n) is 9.50. The van der Waals surface area contributed by atoms with E-state index in [9.17, 15) is 0 Å². The van der Waals surface area contributed by atoms with Gasteiger partial charge >= 0.3 is 0 Å².